The SMILES string of the molecule is COc1ncccc1-c1cnn2ccc(N3CCN(C(=O)OC(C)C)C3=O)nc12. The van der Waals surface area contributed by atoms with Crippen molar-refractivity contribution in [3.8, 4) is 17.0 Å². The predicted octanol–water partition coefficient (Wildman–Crippen LogP) is 2.59. The normalized spacial score (nSPS) is 14.1. The second-order valence-corrected chi connectivity index (χ2v) is 6.69. The molecule has 1 aliphatic heterocycles. The number of fused-ring (bicyclic) bond motifs is 1. The number of nitrogens with zero attached hydrogens (tertiary/aromatic N) is 6. The number of imide groups is 1. The zero-order chi connectivity index (χ0) is 20.5. The number of aromatic nitrogens is 4. The van der Waals surface area contributed by atoms with Crippen molar-refractivity contribution in [3.63, 3.8) is 0 Å². The molecule has 10 heteroatoms. The molecule has 4 heterocycles. The molecular formula is C19H20N6O4. The summed E-state index contributed by atoms with van der Waals surface area (Å²) in [6.45, 7) is 4.04. The van der Waals surface area contributed by atoms with Crippen LogP contribution in [0.3, 0.4) is 0 Å². The van der Waals surface area contributed by atoms with Crippen LogP contribution in [0.5, 0.6) is 5.88 Å². The molecule has 150 valence electrons. The number of urea groups is 1. The molecule has 4 rings (SSSR count). The van der Waals surface area contributed by atoms with Gasteiger partial charge in [-0.1, -0.05) is 0 Å². The Bertz CT molecular complexity index is 1080. The zero-order valence-corrected chi connectivity index (χ0v) is 16.3. The third-order valence-electron chi connectivity index (χ3n) is 4.45. The first-order valence-corrected chi connectivity index (χ1v) is 9.13. The van der Waals surface area contributed by atoms with Crippen LogP contribution in [-0.2, 0) is 4.74 Å². The maximum atomic E-state index is 12.7. The third kappa shape index (κ3) is 3.33. The molecular weight excluding hydrogens is 376 g/mol. The van der Waals surface area contributed by atoms with Crippen LogP contribution in [0.4, 0.5) is 15.4 Å². The van der Waals surface area contributed by atoms with Crippen molar-refractivity contribution in [3.05, 3.63) is 36.8 Å². The van der Waals surface area contributed by atoms with Gasteiger partial charge in [0, 0.05) is 24.5 Å². The number of hydrogen-bond donors (Lipinski definition) is 0. The fraction of sp³-hybridized carbons (Fsp3) is 0.316. The van der Waals surface area contributed by atoms with Gasteiger partial charge in [0.2, 0.25) is 5.88 Å². The van der Waals surface area contributed by atoms with E-state index >= 15 is 0 Å². The Morgan fingerprint density at radius 2 is 2.03 bits per heavy atom. The first kappa shape index (κ1) is 18.7. The Morgan fingerprint density at radius 3 is 2.79 bits per heavy atom. The van der Waals surface area contributed by atoms with Crippen molar-refractivity contribution >= 4 is 23.6 Å². The van der Waals surface area contributed by atoms with Crippen molar-refractivity contribution in [1.29, 1.82) is 0 Å². The fourth-order valence-corrected chi connectivity index (χ4v) is 3.14. The van der Waals surface area contributed by atoms with Crippen LogP contribution < -0.4 is 9.64 Å². The monoisotopic (exact) mass is 396 g/mol. The maximum Gasteiger partial charge on any atom is 0.418 e. The second-order valence-electron chi connectivity index (χ2n) is 6.69. The predicted molar refractivity (Wildman–Crippen MR) is 104 cm³/mol. The molecule has 1 saturated heterocycles. The lowest BCUT2D eigenvalue weighted by atomic mass is 10.1. The molecule has 0 radical (unpaired) electrons. The van der Waals surface area contributed by atoms with E-state index in [9.17, 15) is 9.59 Å². The van der Waals surface area contributed by atoms with Gasteiger partial charge >= 0.3 is 12.1 Å². The largest absolute Gasteiger partial charge is 0.481 e. The standard InChI is InChI=1S/C19H20N6O4/c1-12(2)29-19(27)24-10-9-23(18(24)26)15-6-8-25-16(22-15)14(11-21-25)13-5-4-7-20-17(13)28-3/h4-8,11-12H,9-10H2,1-3H3. The molecule has 0 N–H and O–H groups in total. The minimum absolute atomic E-state index is 0.236. The van der Waals surface area contributed by atoms with E-state index in [0.29, 0.717) is 23.9 Å². The molecule has 29 heavy (non-hydrogen) atoms. The summed E-state index contributed by atoms with van der Waals surface area (Å²) in [6.07, 6.45) is 4.07. The van der Waals surface area contributed by atoms with Crippen LogP contribution in [-0.4, -0.2) is 62.9 Å². The number of hydrogen-bond acceptors (Lipinski definition) is 7. The lowest BCUT2D eigenvalue weighted by Gasteiger charge is -2.18. The molecule has 10 nitrogen and oxygen atoms in total. The molecule has 1 aliphatic rings. The van der Waals surface area contributed by atoms with Crippen molar-refractivity contribution < 1.29 is 19.1 Å². The molecule has 0 bridgehead atoms. The molecule has 3 amide bonds. The Kier molecular flexibility index (Phi) is 4.75. The van der Waals surface area contributed by atoms with Gasteiger partial charge in [-0.05, 0) is 32.0 Å². The Morgan fingerprint density at radius 1 is 1.21 bits per heavy atom. The van der Waals surface area contributed by atoms with Crippen molar-refractivity contribution in [1.82, 2.24) is 24.5 Å². The lowest BCUT2D eigenvalue weighted by Crippen LogP contribution is -2.37. The van der Waals surface area contributed by atoms with Crippen LogP contribution in [0.25, 0.3) is 16.8 Å². The van der Waals surface area contributed by atoms with Crippen LogP contribution in [0, 0.1) is 0 Å². The van der Waals surface area contributed by atoms with E-state index in [-0.39, 0.29) is 12.6 Å². The molecule has 0 spiro atoms. The first-order chi connectivity index (χ1) is 14.0. The summed E-state index contributed by atoms with van der Waals surface area (Å²) in [5.41, 5.74) is 2.01. The molecule has 3 aromatic rings. The number of anilines is 1. The highest BCUT2D eigenvalue weighted by molar-refractivity contribution is 6.02. The highest BCUT2D eigenvalue weighted by Gasteiger charge is 2.36. The Hall–Kier alpha value is -3.69. The van der Waals surface area contributed by atoms with E-state index in [1.54, 1.807) is 56.2 Å². The summed E-state index contributed by atoms with van der Waals surface area (Å²) < 4.78 is 12.1. The number of amides is 3. The van der Waals surface area contributed by atoms with Crippen molar-refractivity contribution in [2.45, 2.75) is 20.0 Å². The third-order valence-corrected chi connectivity index (χ3v) is 4.45. The van der Waals surface area contributed by atoms with E-state index in [1.807, 2.05) is 6.07 Å². The average molecular weight is 396 g/mol. The van der Waals surface area contributed by atoms with Gasteiger partial charge in [-0.15, -0.1) is 0 Å². The number of rotatable bonds is 4. The summed E-state index contributed by atoms with van der Waals surface area (Å²) in [7, 11) is 1.55. The average Bonchev–Trinajstić information content (AvgIpc) is 3.30. The van der Waals surface area contributed by atoms with Crippen LogP contribution in [0.15, 0.2) is 36.8 Å². The molecule has 0 atom stereocenters. The summed E-state index contributed by atoms with van der Waals surface area (Å²) >= 11 is 0. The summed E-state index contributed by atoms with van der Waals surface area (Å²) in [5.74, 6) is 0.876. The minimum Gasteiger partial charge on any atom is -0.481 e. The van der Waals surface area contributed by atoms with Gasteiger partial charge in [-0.25, -0.2) is 29.0 Å². The van der Waals surface area contributed by atoms with E-state index in [1.165, 1.54) is 4.90 Å². The number of ether oxygens (including phenoxy) is 2. The van der Waals surface area contributed by atoms with Crippen LogP contribution in [0.2, 0.25) is 0 Å². The molecule has 0 unspecified atom stereocenters. The molecule has 3 aromatic heterocycles. The van der Waals surface area contributed by atoms with Gasteiger partial charge in [0.15, 0.2) is 5.65 Å². The van der Waals surface area contributed by atoms with Crippen LogP contribution in [0.1, 0.15) is 13.8 Å². The number of carbonyl (C=O) groups excluding carboxylic acids is 2. The van der Waals surface area contributed by atoms with Gasteiger partial charge in [0.1, 0.15) is 5.82 Å². The van der Waals surface area contributed by atoms with E-state index in [2.05, 4.69) is 15.1 Å². The van der Waals surface area contributed by atoms with Gasteiger partial charge < -0.3 is 9.47 Å². The van der Waals surface area contributed by atoms with Crippen molar-refractivity contribution in [2.24, 2.45) is 0 Å². The van der Waals surface area contributed by atoms with Gasteiger partial charge in [-0.2, -0.15) is 5.10 Å². The number of carbonyl (C=O) groups is 2. The second kappa shape index (κ2) is 7.38. The van der Waals surface area contributed by atoms with Gasteiger partial charge in [-0.3, -0.25) is 4.90 Å². The molecule has 0 aromatic carbocycles. The highest BCUT2D eigenvalue weighted by atomic mass is 16.6. The maximum absolute atomic E-state index is 12.7. The van der Waals surface area contributed by atoms with Crippen LogP contribution >= 0.6 is 0 Å². The Balaban J connectivity index is 1.68. The topological polar surface area (TPSA) is 102 Å². The quantitative estimate of drug-likeness (QED) is 0.668. The summed E-state index contributed by atoms with van der Waals surface area (Å²) in [5, 5.41) is 4.32. The Labute approximate surface area is 166 Å². The van der Waals surface area contributed by atoms with E-state index < -0.39 is 12.1 Å². The summed E-state index contributed by atoms with van der Waals surface area (Å²) in [4.78, 5) is 36.2. The molecule has 0 saturated carbocycles. The lowest BCUT2D eigenvalue weighted by molar-refractivity contribution is 0.0904. The van der Waals surface area contributed by atoms with Gasteiger partial charge in [0.25, 0.3) is 0 Å². The number of methoxy groups -OCH3 is 1. The molecule has 1 fully saturated rings. The van der Waals surface area contributed by atoms with E-state index in [0.717, 1.165) is 16.0 Å². The summed E-state index contributed by atoms with van der Waals surface area (Å²) in [6, 6.07) is 4.88. The molecule has 0 aliphatic carbocycles. The zero-order valence-electron chi connectivity index (χ0n) is 16.3. The fourth-order valence-electron chi connectivity index (χ4n) is 3.14. The highest BCUT2D eigenvalue weighted by Crippen LogP contribution is 2.31. The van der Waals surface area contributed by atoms with Crippen molar-refractivity contribution in [2.75, 3.05) is 25.1 Å². The van der Waals surface area contributed by atoms with Gasteiger partial charge in [0.05, 0.1) is 31.5 Å². The van der Waals surface area contributed by atoms with E-state index in [4.69, 9.17) is 9.47 Å². The first-order valence-electron chi connectivity index (χ1n) is 9.13. The smallest absolute Gasteiger partial charge is 0.418 e. The number of pyridine rings is 1. The minimum atomic E-state index is -0.654.